The van der Waals surface area contributed by atoms with Crippen molar-refractivity contribution in [3.05, 3.63) is 51.8 Å². The van der Waals surface area contributed by atoms with Crippen LogP contribution in [0.15, 0.2) is 30.6 Å². The monoisotopic (exact) mass is 296 g/mol. The third-order valence-corrected chi connectivity index (χ3v) is 3.74. The van der Waals surface area contributed by atoms with Gasteiger partial charge in [0.15, 0.2) is 0 Å². The van der Waals surface area contributed by atoms with Crippen LogP contribution in [-0.4, -0.2) is 4.57 Å². The highest BCUT2D eigenvalue weighted by molar-refractivity contribution is 6.35. The van der Waals surface area contributed by atoms with Gasteiger partial charge in [-0.05, 0) is 42.7 Å². The molecule has 0 spiro atoms. The molecule has 0 saturated heterocycles. The van der Waals surface area contributed by atoms with Gasteiger partial charge in [-0.1, -0.05) is 30.1 Å². The van der Waals surface area contributed by atoms with Gasteiger partial charge >= 0.3 is 0 Å². The van der Waals surface area contributed by atoms with Crippen LogP contribution in [0.4, 0.5) is 5.69 Å². The fraction of sp³-hybridized carbons (Fsp3) is 0.333. The Bertz CT molecular complexity index is 561. The van der Waals surface area contributed by atoms with Gasteiger partial charge in [-0.3, -0.25) is 0 Å². The Balaban J connectivity index is 2.03. The van der Waals surface area contributed by atoms with E-state index in [2.05, 4.69) is 35.3 Å². The molecular weight excluding hydrogens is 279 g/mol. The lowest BCUT2D eigenvalue weighted by Crippen LogP contribution is -2.00. The number of aryl methyl sites for hydroxylation is 2. The highest BCUT2D eigenvalue weighted by atomic mass is 35.5. The van der Waals surface area contributed by atoms with Crippen molar-refractivity contribution >= 4 is 28.9 Å². The highest BCUT2D eigenvalue weighted by Gasteiger charge is 2.05. The number of hydrogen-bond donors (Lipinski definition) is 1. The van der Waals surface area contributed by atoms with E-state index in [4.69, 9.17) is 23.2 Å². The molecule has 0 fully saturated rings. The number of halogens is 2. The van der Waals surface area contributed by atoms with Crippen LogP contribution in [0, 0.1) is 6.92 Å². The molecular formula is C15H18Cl2N2. The van der Waals surface area contributed by atoms with Gasteiger partial charge in [0.05, 0.1) is 10.7 Å². The molecule has 1 aromatic heterocycles. The zero-order chi connectivity index (χ0) is 13.8. The van der Waals surface area contributed by atoms with Crippen molar-refractivity contribution in [2.75, 3.05) is 5.32 Å². The number of nitrogens with one attached hydrogen (secondary N) is 1. The van der Waals surface area contributed by atoms with Gasteiger partial charge in [0.25, 0.3) is 0 Å². The Hall–Kier alpha value is -1.12. The average molecular weight is 297 g/mol. The second-order valence-electron chi connectivity index (χ2n) is 4.69. The summed E-state index contributed by atoms with van der Waals surface area (Å²) in [5.41, 5.74) is 3.10. The van der Waals surface area contributed by atoms with E-state index in [-0.39, 0.29) is 0 Å². The van der Waals surface area contributed by atoms with E-state index in [1.807, 2.05) is 19.1 Å². The van der Waals surface area contributed by atoms with Crippen LogP contribution in [0.25, 0.3) is 0 Å². The molecule has 0 aliphatic carbocycles. The lowest BCUT2D eigenvalue weighted by molar-refractivity contribution is 0.682. The number of anilines is 1. The van der Waals surface area contributed by atoms with Gasteiger partial charge in [-0.2, -0.15) is 0 Å². The van der Waals surface area contributed by atoms with Gasteiger partial charge in [-0.25, -0.2) is 0 Å². The standard InChI is InChI=1S/C15H18Cl2N2/c1-3-5-19-6-4-12(10-19)9-18-15-8-13(16)11(2)7-14(15)17/h4,6-8,10,18H,3,5,9H2,1-2H3. The fourth-order valence-corrected chi connectivity index (χ4v) is 2.42. The lowest BCUT2D eigenvalue weighted by atomic mass is 10.2. The number of hydrogen-bond acceptors (Lipinski definition) is 1. The van der Waals surface area contributed by atoms with Crippen molar-refractivity contribution in [3.8, 4) is 0 Å². The molecule has 0 unspecified atom stereocenters. The van der Waals surface area contributed by atoms with Gasteiger partial charge in [-0.15, -0.1) is 0 Å². The number of nitrogens with zero attached hydrogens (tertiary/aromatic N) is 1. The molecule has 0 bridgehead atoms. The lowest BCUT2D eigenvalue weighted by Gasteiger charge is -2.09. The molecule has 102 valence electrons. The predicted octanol–water partition coefficient (Wildman–Crippen LogP) is 5.13. The highest BCUT2D eigenvalue weighted by Crippen LogP contribution is 2.29. The molecule has 19 heavy (non-hydrogen) atoms. The van der Waals surface area contributed by atoms with Crippen LogP contribution in [0.5, 0.6) is 0 Å². The molecule has 0 aliphatic rings. The van der Waals surface area contributed by atoms with Crippen LogP contribution in [0.1, 0.15) is 24.5 Å². The van der Waals surface area contributed by atoms with Crippen LogP contribution in [0.3, 0.4) is 0 Å². The second-order valence-corrected chi connectivity index (χ2v) is 5.51. The fourth-order valence-electron chi connectivity index (χ4n) is 1.97. The Morgan fingerprint density at radius 1 is 1.21 bits per heavy atom. The summed E-state index contributed by atoms with van der Waals surface area (Å²) in [4.78, 5) is 0. The maximum absolute atomic E-state index is 6.20. The number of aromatic nitrogens is 1. The van der Waals surface area contributed by atoms with Crippen molar-refractivity contribution < 1.29 is 0 Å². The van der Waals surface area contributed by atoms with E-state index in [1.165, 1.54) is 5.56 Å². The maximum atomic E-state index is 6.20. The van der Waals surface area contributed by atoms with Gasteiger partial charge in [0.2, 0.25) is 0 Å². The normalized spacial score (nSPS) is 10.7. The van der Waals surface area contributed by atoms with Gasteiger partial charge < -0.3 is 9.88 Å². The molecule has 0 atom stereocenters. The molecule has 0 saturated carbocycles. The number of benzene rings is 1. The summed E-state index contributed by atoms with van der Waals surface area (Å²) < 4.78 is 2.20. The molecule has 2 nitrogen and oxygen atoms in total. The number of rotatable bonds is 5. The zero-order valence-electron chi connectivity index (χ0n) is 11.2. The minimum atomic E-state index is 0.704. The third-order valence-electron chi connectivity index (χ3n) is 3.02. The molecule has 0 amide bonds. The first-order valence-corrected chi connectivity index (χ1v) is 7.20. The molecule has 1 heterocycles. The molecule has 0 radical (unpaired) electrons. The smallest absolute Gasteiger partial charge is 0.0641 e. The Labute approximate surface area is 124 Å². The largest absolute Gasteiger partial charge is 0.380 e. The summed E-state index contributed by atoms with van der Waals surface area (Å²) >= 11 is 12.3. The molecule has 1 aromatic carbocycles. The predicted molar refractivity (Wildman–Crippen MR) is 83.2 cm³/mol. The van der Waals surface area contributed by atoms with E-state index in [9.17, 15) is 0 Å². The minimum absolute atomic E-state index is 0.704. The summed E-state index contributed by atoms with van der Waals surface area (Å²) in [5, 5.41) is 4.76. The maximum Gasteiger partial charge on any atom is 0.0641 e. The SMILES string of the molecule is CCCn1ccc(CNc2cc(Cl)c(C)cc2Cl)c1. The van der Waals surface area contributed by atoms with E-state index in [1.54, 1.807) is 0 Å². The van der Waals surface area contributed by atoms with Crippen molar-refractivity contribution in [2.24, 2.45) is 0 Å². The van der Waals surface area contributed by atoms with Gasteiger partial charge in [0, 0.05) is 30.5 Å². The average Bonchev–Trinajstić information content (AvgIpc) is 2.80. The molecule has 0 aliphatic heterocycles. The molecule has 1 N–H and O–H groups in total. The molecule has 2 rings (SSSR count). The second kappa shape index (κ2) is 6.36. The first-order chi connectivity index (χ1) is 9.10. The Kier molecular flexibility index (Phi) is 4.78. The summed E-state index contributed by atoms with van der Waals surface area (Å²) in [6.45, 7) is 5.92. The first kappa shape index (κ1) is 14.3. The summed E-state index contributed by atoms with van der Waals surface area (Å²) in [5.74, 6) is 0. The quantitative estimate of drug-likeness (QED) is 0.810. The van der Waals surface area contributed by atoms with Crippen molar-refractivity contribution in [1.29, 1.82) is 0 Å². The summed E-state index contributed by atoms with van der Waals surface area (Å²) in [6, 6.07) is 5.88. The van der Waals surface area contributed by atoms with E-state index in [0.29, 0.717) is 5.02 Å². The topological polar surface area (TPSA) is 17.0 Å². The van der Waals surface area contributed by atoms with E-state index in [0.717, 1.165) is 35.8 Å². The van der Waals surface area contributed by atoms with E-state index >= 15 is 0 Å². The van der Waals surface area contributed by atoms with Crippen molar-refractivity contribution in [1.82, 2.24) is 4.57 Å². The van der Waals surface area contributed by atoms with Crippen LogP contribution in [0.2, 0.25) is 10.0 Å². The first-order valence-electron chi connectivity index (χ1n) is 6.44. The Morgan fingerprint density at radius 3 is 2.74 bits per heavy atom. The minimum Gasteiger partial charge on any atom is -0.380 e. The van der Waals surface area contributed by atoms with Crippen LogP contribution in [-0.2, 0) is 13.1 Å². The van der Waals surface area contributed by atoms with Crippen molar-refractivity contribution in [2.45, 2.75) is 33.4 Å². The van der Waals surface area contributed by atoms with Crippen LogP contribution >= 0.6 is 23.2 Å². The molecule has 2 aromatic rings. The molecule has 4 heteroatoms. The third kappa shape index (κ3) is 3.68. The van der Waals surface area contributed by atoms with Crippen LogP contribution < -0.4 is 5.32 Å². The summed E-state index contributed by atoms with van der Waals surface area (Å²) in [7, 11) is 0. The van der Waals surface area contributed by atoms with E-state index < -0.39 is 0 Å². The van der Waals surface area contributed by atoms with Gasteiger partial charge in [0.1, 0.15) is 0 Å². The van der Waals surface area contributed by atoms with Crippen molar-refractivity contribution in [3.63, 3.8) is 0 Å². The Morgan fingerprint density at radius 2 is 2.00 bits per heavy atom. The zero-order valence-corrected chi connectivity index (χ0v) is 12.7. The summed E-state index contributed by atoms with van der Waals surface area (Å²) in [6.07, 6.45) is 5.39.